The monoisotopic (exact) mass is 229 g/mol. The number of rotatable bonds is 6. The fraction of sp³-hybridized carbons (Fsp3) is 0.357. The first-order valence-electron chi connectivity index (χ1n) is 5.76. The van der Waals surface area contributed by atoms with Crippen LogP contribution in [0.3, 0.4) is 0 Å². The minimum atomic E-state index is 0.779. The van der Waals surface area contributed by atoms with Gasteiger partial charge >= 0.3 is 0 Å². The normalized spacial score (nSPS) is 10.5. The van der Waals surface area contributed by atoms with Crippen LogP contribution in [0.1, 0.15) is 12.0 Å². The Labute approximate surface area is 103 Å². The molecule has 0 saturated carbocycles. The highest BCUT2D eigenvalue weighted by Gasteiger charge is 1.86. The van der Waals surface area contributed by atoms with Crippen molar-refractivity contribution in [3.8, 4) is 0 Å². The fourth-order valence-corrected chi connectivity index (χ4v) is 1.28. The van der Waals surface area contributed by atoms with Crippen LogP contribution in [0.4, 0.5) is 0 Å². The fourth-order valence-electron chi connectivity index (χ4n) is 1.28. The first kappa shape index (κ1) is 13.4. The standard InChI is InChI=1S/C14H19N3/c1-17(2)12-6-10-15-13-16-11-9-14-7-4-3-5-8-14/h3-5,7-9,11H,6,10,12H2,1-2H3. The first-order chi connectivity index (χ1) is 8.29. The molecule has 0 atom stereocenters. The zero-order valence-electron chi connectivity index (χ0n) is 10.5. The van der Waals surface area contributed by atoms with Crippen LogP contribution in [0, 0.1) is 0 Å². The molecule has 0 fully saturated rings. The van der Waals surface area contributed by atoms with Gasteiger partial charge in [0.2, 0.25) is 0 Å². The molecular formula is C14H19N3. The maximum absolute atomic E-state index is 4.08. The lowest BCUT2D eigenvalue weighted by Crippen LogP contribution is -2.13. The van der Waals surface area contributed by atoms with Gasteiger partial charge in [-0.2, -0.15) is 4.99 Å². The molecule has 1 aromatic carbocycles. The molecule has 0 heterocycles. The second kappa shape index (κ2) is 8.45. The van der Waals surface area contributed by atoms with Crippen LogP contribution >= 0.6 is 0 Å². The van der Waals surface area contributed by atoms with Crippen LogP contribution in [-0.2, 0) is 0 Å². The van der Waals surface area contributed by atoms with Gasteiger partial charge in [0.05, 0.1) is 12.6 Å². The van der Waals surface area contributed by atoms with E-state index in [-0.39, 0.29) is 0 Å². The molecule has 0 bridgehead atoms. The van der Waals surface area contributed by atoms with Crippen molar-refractivity contribution in [2.24, 2.45) is 9.98 Å². The summed E-state index contributed by atoms with van der Waals surface area (Å²) in [5.41, 5.74) is 1.13. The van der Waals surface area contributed by atoms with E-state index in [1.165, 1.54) is 0 Å². The molecular weight excluding hydrogens is 210 g/mol. The maximum atomic E-state index is 4.08. The Morgan fingerprint density at radius 1 is 1.24 bits per heavy atom. The van der Waals surface area contributed by atoms with Crippen molar-refractivity contribution in [3.63, 3.8) is 0 Å². The summed E-state index contributed by atoms with van der Waals surface area (Å²) in [5.74, 6) is 0. The van der Waals surface area contributed by atoms with Gasteiger partial charge in [-0.15, -0.1) is 0 Å². The molecule has 90 valence electrons. The van der Waals surface area contributed by atoms with Crippen LogP contribution < -0.4 is 0 Å². The van der Waals surface area contributed by atoms with Crippen molar-refractivity contribution in [2.45, 2.75) is 6.42 Å². The lowest BCUT2D eigenvalue weighted by molar-refractivity contribution is 0.403. The van der Waals surface area contributed by atoms with Gasteiger partial charge in [0, 0.05) is 6.20 Å². The predicted molar refractivity (Wildman–Crippen MR) is 73.4 cm³/mol. The minimum Gasteiger partial charge on any atom is -0.309 e. The molecule has 0 unspecified atom stereocenters. The highest BCUT2D eigenvalue weighted by atomic mass is 15.0. The molecule has 3 nitrogen and oxygen atoms in total. The van der Waals surface area contributed by atoms with Gasteiger partial charge in [0.25, 0.3) is 0 Å². The van der Waals surface area contributed by atoms with E-state index in [1.807, 2.05) is 36.4 Å². The summed E-state index contributed by atoms with van der Waals surface area (Å²) in [6.45, 7) is 1.83. The van der Waals surface area contributed by atoms with Gasteiger partial charge in [-0.05, 0) is 38.7 Å². The lowest BCUT2D eigenvalue weighted by Gasteiger charge is -2.05. The Morgan fingerprint density at radius 2 is 2.00 bits per heavy atom. The molecule has 0 radical (unpaired) electrons. The molecule has 0 amide bonds. The van der Waals surface area contributed by atoms with Gasteiger partial charge in [-0.1, -0.05) is 30.3 Å². The average molecular weight is 229 g/mol. The quantitative estimate of drug-likeness (QED) is 0.544. The van der Waals surface area contributed by atoms with E-state index >= 15 is 0 Å². The van der Waals surface area contributed by atoms with E-state index in [9.17, 15) is 0 Å². The van der Waals surface area contributed by atoms with Crippen molar-refractivity contribution in [3.05, 3.63) is 42.1 Å². The van der Waals surface area contributed by atoms with E-state index in [2.05, 4.69) is 35.0 Å². The van der Waals surface area contributed by atoms with Crippen molar-refractivity contribution in [1.82, 2.24) is 4.90 Å². The largest absolute Gasteiger partial charge is 0.309 e. The molecule has 0 aliphatic rings. The summed E-state index contributed by atoms with van der Waals surface area (Å²) >= 11 is 0. The molecule has 1 rings (SSSR count). The third-order valence-corrected chi connectivity index (χ3v) is 2.14. The summed E-state index contributed by atoms with van der Waals surface area (Å²) in [6, 6.07) is 12.7. The van der Waals surface area contributed by atoms with Crippen molar-refractivity contribution in [1.29, 1.82) is 0 Å². The predicted octanol–water partition coefficient (Wildman–Crippen LogP) is 2.78. The van der Waals surface area contributed by atoms with Crippen LogP contribution in [0.25, 0.3) is 6.08 Å². The third kappa shape index (κ3) is 7.23. The average Bonchev–Trinajstić information content (AvgIpc) is 2.33. The van der Waals surface area contributed by atoms with E-state index in [0.29, 0.717) is 0 Å². The van der Waals surface area contributed by atoms with Gasteiger partial charge in [0.1, 0.15) is 0 Å². The van der Waals surface area contributed by atoms with Gasteiger partial charge < -0.3 is 4.90 Å². The summed E-state index contributed by atoms with van der Waals surface area (Å²) in [5, 5.41) is 0. The number of hydrogen-bond acceptors (Lipinski definition) is 3. The lowest BCUT2D eigenvalue weighted by atomic mass is 10.2. The Kier molecular flexibility index (Phi) is 6.64. The third-order valence-electron chi connectivity index (χ3n) is 2.14. The highest BCUT2D eigenvalue weighted by Crippen LogP contribution is 2.00. The SMILES string of the molecule is CN(C)CCCN=C=NC=Cc1ccccc1. The molecule has 0 aromatic heterocycles. The Hall–Kier alpha value is -1.70. The summed E-state index contributed by atoms with van der Waals surface area (Å²) in [7, 11) is 4.11. The maximum Gasteiger partial charge on any atom is 0.0942 e. The molecule has 0 aliphatic carbocycles. The second-order valence-electron chi connectivity index (χ2n) is 3.99. The summed E-state index contributed by atoms with van der Waals surface area (Å²) in [6.07, 6.45) is 4.69. The molecule has 0 spiro atoms. The summed E-state index contributed by atoms with van der Waals surface area (Å²) in [4.78, 5) is 10.2. The number of benzene rings is 1. The van der Waals surface area contributed by atoms with Crippen LogP contribution in [0.2, 0.25) is 0 Å². The topological polar surface area (TPSA) is 28.0 Å². The minimum absolute atomic E-state index is 0.779. The molecule has 17 heavy (non-hydrogen) atoms. The van der Waals surface area contributed by atoms with Crippen LogP contribution in [0.5, 0.6) is 0 Å². The Bertz CT molecular complexity index is 387. The van der Waals surface area contributed by atoms with Crippen molar-refractivity contribution >= 4 is 12.1 Å². The molecule has 3 heteroatoms. The van der Waals surface area contributed by atoms with Crippen LogP contribution in [-0.4, -0.2) is 38.1 Å². The molecule has 1 aromatic rings. The second-order valence-corrected chi connectivity index (χ2v) is 3.99. The smallest absolute Gasteiger partial charge is 0.0942 e. The number of aliphatic imine (C=N–C) groups is 2. The van der Waals surface area contributed by atoms with Crippen molar-refractivity contribution in [2.75, 3.05) is 27.2 Å². The van der Waals surface area contributed by atoms with Gasteiger partial charge in [0.15, 0.2) is 0 Å². The van der Waals surface area contributed by atoms with E-state index in [4.69, 9.17) is 0 Å². The molecule has 0 aliphatic heterocycles. The molecule has 0 saturated heterocycles. The Balaban J connectivity index is 2.25. The number of hydrogen-bond donors (Lipinski definition) is 0. The summed E-state index contributed by atoms with van der Waals surface area (Å²) < 4.78 is 0. The van der Waals surface area contributed by atoms with Crippen LogP contribution in [0.15, 0.2) is 46.5 Å². The number of nitrogens with zero attached hydrogens (tertiary/aromatic N) is 3. The van der Waals surface area contributed by atoms with Crippen molar-refractivity contribution < 1.29 is 0 Å². The Morgan fingerprint density at radius 3 is 2.71 bits per heavy atom. The van der Waals surface area contributed by atoms with E-state index in [0.717, 1.165) is 25.1 Å². The highest BCUT2D eigenvalue weighted by molar-refractivity contribution is 5.51. The zero-order chi connectivity index (χ0) is 12.3. The zero-order valence-corrected chi connectivity index (χ0v) is 10.5. The van der Waals surface area contributed by atoms with Gasteiger partial charge in [-0.3, -0.25) is 0 Å². The van der Waals surface area contributed by atoms with Gasteiger partial charge in [-0.25, -0.2) is 4.99 Å². The van der Waals surface area contributed by atoms with E-state index < -0.39 is 0 Å². The first-order valence-corrected chi connectivity index (χ1v) is 5.76. The van der Waals surface area contributed by atoms with E-state index in [1.54, 1.807) is 6.20 Å². The molecule has 0 N–H and O–H groups in total.